The molecule has 1 aliphatic rings. The number of aliphatic carboxylic acids is 1. The number of aryl methyl sites for hydroxylation is 1. The Morgan fingerprint density at radius 3 is 2.82 bits per heavy atom. The summed E-state index contributed by atoms with van der Waals surface area (Å²) in [6, 6.07) is 5.76. The van der Waals surface area contributed by atoms with E-state index < -0.39 is 11.9 Å². The Hall–Kier alpha value is -1.49. The van der Waals surface area contributed by atoms with Gasteiger partial charge in [0.05, 0.1) is 5.69 Å². The first kappa shape index (κ1) is 12.0. The van der Waals surface area contributed by atoms with Crippen molar-refractivity contribution in [3.8, 4) is 0 Å². The van der Waals surface area contributed by atoms with Crippen LogP contribution in [0.15, 0.2) is 23.1 Å². The lowest BCUT2D eigenvalue weighted by atomic mass is 10.2. The maximum atomic E-state index is 11.6. The molecule has 5 heteroatoms. The number of thioether (sulfide) groups is 1. The van der Waals surface area contributed by atoms with E-state index in [1.165, 1.54) is 4.90 Å². The minimum atomic E-state index is -1.41. The molecule has 1 amide bonds. The van der Waals surface area contributed by atoms with E-state index in [0.29, 0.717) is 12.2 Å². The van der Waals surface area contributed by atoms with Gasteiger partial charge >= 0.3 is 11.9 Å². The molecular formula is C12H13NO3S. The number of carboxylic acids is 1. The lowest BCUT2D eigenvalue weighted by Gasteiger charge is -2.31. The smallest absolute Gasteiger partial charge is 0.394 e. The van der Waals surface area contributed by atoms with Crippen molar-refractivity contribution in [3.05, 3.63) is 23.8 Å². The zero-order valence-electron chi connectivity index (χ0n) is 9.64. The van der Waals surface area contributed by atoms with Crippen LogP contribution in [0.1, 0.15) is 12.5 Å². The van der Waals surface area contributed by atoms with Crippen LogP contribution in [-0.4, -0.2) is 28.8 Å². The number of carbonyl (C=O) groups is 2. The second kappa shape index (κ2) is 4.41. The summed E-state index contributed by atoms with van der Waals surface area (Å²) in [6.07, 6.45) is 0. The van der Waals surface area contributed by atoms with Gasteiger partial charge in [0.25, 0.3) is 0 Å². The molecule has 1 unspecified atom stereocenters. The number of amides is 1. The molecule has 17 heavy (non-hydrogen) atoms. The van der Waals surface area contributed by atoms with E-state index in [-0.39, 0.29) is 5.25 Å². The van der Waals surface area contributed by atoms with E-state index in [9.17, 15) is 9.59 Å². The van der Waals surface area contributed by atoms with Gasteiger partial charge in [0.15, 0.2) is 0 Å². The second-order valence-electron chi connectivity index (χ2n) is 4.12. The molecule has 1 heterocycles. The molecule has 0 saturated carbocycles. The van der Waals surface area contributed by atoms with Gasteiger partial charge in [-0.15, -0.1) is 11.8 Å². The number of carbonyl (C=O) groups excluding carboxylic acids is 1. The summed E-state index contributed by atoms with van der Waals surface area (Å²) in [5.74, 6) is -2.26. The van der Waals surface area contributed by atoms with Gasteiger partial charge in [-0.1, -0.05) is 13.0 Å². The molecule has 1 aliphatic heterocycles. The Morgan fingerprint density at radius 1 is 1.47 bits per heavy atom. The first-order valence-corrected chi connectivity index (χ1v) is 6.19. The van der Waals surface area contributed by atoms with Crippen LogP contribution in [0, 0.1) is 6.92 Å². The van der Waals surface area contributed by atoms with E-state index in [1.807, 2.05) is 32.0 Å². The molecular weight excluding hydrogens is 238 g/mol. The van der Waals surface area contributed by atoms with Gasteiger partial charge in [0.1, 0.15) is 0 Å². The molecule has 0 aromatic heterocycles. The predicted molar refractivity (Wildman–Crippen MR) is 66.5 cm³/mol. The molecule has 0 fully saturated rings. The van der Waals surface area contributed by atoms with Crippen LogP contribution in [-0.2, 0) is 9.59 Å². The van der Waals surface area contributed by atoms with Crippen LogP contribution in [0.2, 0.25) is 0 Å². The number of hydrogen-bond acceptors (Lipinski definition) is 3. The Morgan fingerprint density at radius 2 is 2.18 bits per heavy atom. The summed E-state index contributed by atoms with van der Waals surface area (Å²) in [7, 11) is 0. The van der Waals surface area contributed by atoms with Crippen molar-refractivity contribution in [1.82, 2.24) is 0 Å². The molecule has 0 saturated heterocycles. The first-order chi connectivity index (χ1) is 7.99. The summed E-state index contributed by atoms with van der Waals surface area (Å²) in [4.78, 5) is 24.8. The molecule has 1 atom stereocenters. The topological polar surface area (TPSA) is 57.6 Å². The van der Waals surface area contributed by atoms with E-state index in [0.717, 1.165) is 10.5 Å². The second-order valence-corrected chi connectivity index (χ2v) is 5.60. The maximum Gasteiger partial charge on any atom is 0.394 e. The highest BCUT2D eigenvalue weighted by molar-refractivity contribution is 8.00. The summed E-state index contributed by atoms with van der Waals surface area (Å²) >= 11 is 1.67. The highest BCUT2D eigenvalue weighted by Gasteiger charge is 2.30. The molecule has 90 valence electrons. The monoisotopic (exact) mass is 251 g/mol. The van der Waals surface area contributed by atoms with Crippen molar-refractivity contribution in [2.24, 2.45) is 0 Å². The van der Waals surface area contributed by atoms with Gasteiger partial charge in [0, 0.05) is 16.7 Å². The lowest BCUT2D eigenvalue weighted by molar-refractivity contribution is -0.148. The zero-order chi connectivity index (χ0) is 12.6. The van der Waals surface area contributed by atoms with Crippen molar-refractivity contribution in [3.63, 3.8) is 0 Å². The van der Waals surface area contributed by atoms with Gasteiger partial charge in [-0.2, -0.15) is 0 Å². The van der Waals surface area contributed by atoms with Crippen molar-refractivity contribution < 1.29 is 14.7 Å². The fraction of sp³-hybridized carbons (Fsp3) is 0.333. The Labute approximate surface area is 104 Å². The maximum absolute atomic E-state index is 11.6. The van der Waals surface area contributed by atoms with Gasteiger partial charge < -0.3 is 10.0 Å². The molecule has 1 N–H and O–H groups in total. The average molecular weight is 251 g/mol. The fourth-order valence-electron chi connectivity index (χ4n) is 1.86. The highest BCUT2D eigenvalue weighted by atomic mass is 32.2. The number of fused-ring (bicyclic) bond motifs is 1. The standard InChI is InChI=1S/C12H13NO3S/c1-7-3-4-10-9(5-7)13(6-8(2)17-10)11(14)12(15)16/h3-5,8H,6H2,1-2H3,(H,15,16). The lowest BCUT2D eigenvalue weighted by Crippen LogP contribution is -2.42. The number of rotatable bonds is 0. The quantitative estimate of drug-likeness (QED) is 0.716. The van der Waals surface area contributed by atoms with Crippen LogP contribution in [0.5, 0.6) is 0 Å². The fourth-order valence-corrected chi connectivity index (χ4v) is 2.95. The van der Waals surface area contributed by atoms with E-state index in [2.05, 4.69) is 0 Å². The van der Waals surface area contributed by atoms with Crippen molar-refractivity contribution in [2.45, 2.75) is 24.0 Å². The third-order valence-electron chi connectivity index (χ3n) is 2.60. The number of benzene rings is 1. The Kier molecular flexibility index (Phi) is 3.11. The Balaban J connectivity index is 2.46. The van der Waals surface area contributed by atoms with Crippen LogP contribution >= 0.6 is 11.8 Å². The van der Waals surface area contributed by atoms with Gasteiger partial charge in [0.2, 0.25) is 0 Å². The molecule has 0 radical (unpaired) electrons. The molecule has 0 bridgehead atoms. The molecule has 0 aliphatic carbocycles. The number of hydrogen-bond donors (Lipinski definition) is 1. The largest absolute Gasteiger partial charge is 0.474 e. The number of anilines is 1. The SMILES string of the molecule is Cc1ccc2c(c1)N(C(=O)C(=O)O)CC(C)S2. The first-order valence-electron chi connectivity index (χ1n) is 5.31. The normalized spacial score (nSPS) is 18.7. The van der Waals surface area contributed by atoms with Gasteiger partial charge in [-0.3, -0.25) is 4.79 Å². The van der Waals surface area contributed by atoms with Crippen LogP contribution in [0.4, 0.5) is 5.69 Å². The van der Waals surface area contributed by atoms with Crippen molar-refractivity contribution in [2.75, 3.05) is 11.4 Å². The van der Waals surface area contributed by atoms with Crippen LogP contribution < -0.4 is 4.90 Å². The molecule has 4 nitrogen and oxygen atoms in total. The van der Waals surface area contributed by atoms with Gasteiger partial charge in [-0.25, -0.2) is 4.79 Å². The summed E-state index contributed by atoms with van der Waals surface area (Å²) in [5, 5.41) is 9.02. The molecule has 0 spiro atoms. The third kappa shape index (κ3) is 2.29. The molecule has 1 aromatic carbocycles. The molecule has 1 aromatic rings. The summed E-state index contributed by atoms with van der Waals surface area (Å²) in [6.45, 7) is 4.34. The zero-order valence-corrected chi connectivity index (χ0v) is 10.5. The van der Waals surface area contributed by atoms with Crippen LogP contribution in [0.3, 0.4) is 0 Å². The van der Waals surface area contributed by atoms with E-state index >= 15 is 0 Å². The minimum absolute atomic E-state index is 0.202. The number of carboxylic acid groups (broad SMARTS) is 1. The summed E-state index contributed by atoms with van der Waals surface area (Å²) in [5.41, 5.74) is 1.72. The van der Waals surface area contributed by atoms with E-state index in [4.69, 9.17) is 5.11 Å². The van der Waals surface area contributed by atoms with Crippen LogP contribution in [0.25, 0.3) is 0 Å². The summed E-state index contributed by atoms with van der Waals surface area (Å²) < 4.78 is 0. The minimum Gasteiger partial charge on any atom is -0.474 e. The van der Waals surface area contributed by atoms with E-state index in [1.54, 1.807) is 11.8 Å². The van der Waals surface area contributed by atoms with Crippen molar-refractivity contribution in [1.29, 1.82) is 0 Å². The third-order valence-corrected chi connectivity index (χ3v) is 3.75. The highest BCUT2D eigenvalue weighted by Crippen LogP contribution is 2.38. The average Bonchev–Trinajstić information content (AvgIpc) is 2.27. The van der Waals surface area contributed by atoms with Crippen molar-refractivity contribution >= 4 is 29.3 Å². The van der Waals surface area contributed by atoms with Gasteiger partial charge in [-0.05, 0) is 24.6 Å². The number of nitrogens with zero attached hydrogens (tertiary/aromatic N) is 1. The predicted octanol–water partition coefficient (Wildman–Crippen LogP) is 1.91. The molecule has 2 rings (SSSR count). The Bertz CT molecular complexity index is 487.